The van der Waals surface area contributed by atoms with Gasteiger partial charge < -0.3 is 10.1 Å². The number of nitrogens with two attached hydrogens (primary N) is 1. The first-order valence-electron chi connectivity index (χ1n) is 5.43. The van der Waals surface area contributed by atoms with Gasteiger partial charge in [0.25, 0.3) is 0 Å². The summed E-state index contributed by atoms with van der Waals surface area (Å²) in [6.07, 6.45) is -0.127. The second kappa shape index (κ2) is 6.09. The molecule has 0 heterocycles. The van der Waals surface area contributed by atoms with Crippen LogP contribution in [0.4, 0.5) is 10.1 Å². The highest BCUT2D eigenvalue weighted by Crippen LogP contribution is 2.17. The molecule has 0 atom stereocenters. The van der Waals surface area contributed by atoms with Crippen LogP contribution in [0.3, 0.4) is 0 Å². The van der Waals surface area contributed by atoms with E-state index in [9.17, 15) is 17.6 Å². The highest BCUT2D eigenvalue weighted by Gasteiger charge is 2.12. The van der Waals surface area contributed by atoms with Gasteiger partial charge >= 0.3 is 0 Å². The van der Waals surface area contributed by atoms with Crippen LogP contribution in [0.2, 0.25) is 0 Å². The number of ether oxygens (including phenoxy) is 1. The first-order chi connectivity index (χ1) is 8.68. The number of carbonyl (C=O) groups is 1. The molecule has 6 nitrogen and oxygen atoms in total. The lowest BCUT2D eigenvalue weighted by molar-refractivity contribution is -0.121. The maximum atomic E-state index is 13.2. The van der Waals surface area contributed by atoms with E-state index in [1.807, 2.05) is 0 Å². The molecular weight excluding hydrogens is 275 g/mol. The highest BCUT2D eigenvalue weighted by molar-refractivity contribution is 7.89. The van der Waals surface area contributed by atoms with Crippen molar-refractivity contribution in [1.82, 2.24) is 0 Å². The summed E-state index contributed by atoms with van der Waals surface area (Å²) in [4.78, 5) is 11.0. The molecule has 1 aromatic carbocycles. The molecule has 106 valence electrons. The summed E-state index contributed by atoms with van der Waals surface area (Å²) in [5.74, 6) is -1.33. The summed E-state index contributed by atoms with van der Waals surface area (Å²) in [6.45, 7) is 3.31. The van der Waals surface area contributed by atoms with Crippen molar-refractivity contribution in [2.45, 2.75) is 24.8 Å². The summed E-state index contributed by atoms with van der Waals surface area (Å²) < 4.78 is 40.5. The van der Waals surface area contributed by atoms with E-state index in [1.165, 1.54) is 0 Å². The number of anilines is 1. The van der Waals surface area contributed by atoms with Gasteiger partial charge in [-0.25, -0.2) is 17.9 Å². The highest BCUT2D eigenvalue weighted by atomic mass is 32.2. The lowest BCUT2D eigenvalue weighted by Gasteiger charge is -2.09. The van der Waals surface area contributed by atoms with E-state index >= 15 is 0 Å². The number of rotatable bonds is 5. The van der Waals surface area contributed by atoms with Crippen LogP contribution in [0.15, 0.2) is 23.1 Å². The van der Waals surface area contributed by atoms with Gasteiger partial charge in [0.15, 0.2) is 0 Å². The number of nitrogens with one attached hydrogen (secondary N) is 1. The fourth-order valence-corrected chi connectivity index (χ4v) is 1.81. The zero-order valence-electron chi connectivity index (χ0n) is 10.5. The summed E-state index contributed by atoms with van der Waals surface area (Å²) in [5, 5.41) is 7.22. The maximum Gasteiger partial charge on any atom is 0.250 e. The zero-order chi connectivity index (χ0) is 14.6. The predicted molar refractivity (Wildman–Crippen MR) is 67.5 cm³/mol. The van der Waals surface area contributed by atoms with E-state index in [0.717, 1.165) is 18.2 Å². The van der Waals surface area contributed by atoms with Gasteiger partial charge in [0, 0.05) is 5.69 Å². The second-order valence-corrected chi connectivity index (χ2v) is 5.69. The molecule has 0 unspecified atom stereocenters. The summed E-state index contributed by atoms with van der Waals surface area (Å²) in [5.41, 5.74) is 0.00128. The second-order valence-electron chi connectivity index (χ2n) is 4.13. The normalized spacial score (nSPS) is 11.6. The van der Waals surface area contributed by atoms with Gasteiger partial charge in [0.1, 0.15) is 12.4 Å². The van der Waals surface area contributed by atoms with Crippen LogP contribution in [0.25, 0.3) is 0 Å². The fourth-order valence-electron chi connectivity index (χ4n) is 1.24. The van der Waals surface area contributed by atoms with Gasteiger partial charge in [-0.05, 0) is 32.0 Å². The molecule has 0 saturated carbocycles. The van der Waals surface area contributed by atoms with Crippen LogP contribution in [-0.2, 0) is 19.6 Å². The minimum atomic E-state index is -4.03. The Balaban J connectivity index is 2.85. The molecule has 1 aromatic rings. The van der Waals surface area contributed by atoms with Crippen molar-refractivity contribution in [2.24, 2.45) is 5.14 Å². The van der Waals surface area contributed by atoms with Gasteiger partial charge in [-0.15, -0.1) is 0 Å². The molecule has 0 aromatic heterocycles. The largest absolute Gasteiger partial charge is 0.369 e. The Hall–Kier alpha value is -1.51. The third-order valence-electron chi connectivity index (χ3n) is 2.03. The minimum Gasteiger partial charge on any atom is -0.369 e. The van der Waals surface area contributed by atoms with Gasteiger partial charge in [-0.3, -0.25) is 4.79 Å². The van der Waals surface area contributed by atoms with Crippen molar-refractivity contribution < 1.29 is 22.3 Å². The molecule has 3 N–H and O–H groups in total. The lowest BCUT2D eigenvalue weighted by atomic mass is 10.3. The number of benzene rings is 1. The van der Waals surface area contributed by atoms with Crippen LogP contribution in [0.5, 0.6) is 0 Å². The molecule has 8 heteroatoms. The van der Waals surface area contributed by atoms with Crippen LogP contribution < -0.4 is 10.5 Å². The summed E-state index contributed by atoms with van der Waals surface area (Å²) in [6, 6.07) is 2.84. The quantitative estimate of drug-likeness (QED) is 0.839. The van der Waals surface area contributed by atoms with E-state index in [0.29, 0.717) is 0 Å². The standard InChI is InChI=1S/C11H15FN2O4S/c1-7(2)18-6-11(15)14-9-3-8(12)4-10(5-9)19(13,16)17/h3-5,7H,6H2,1-2H3,(H,14,15)(H2,13,16,17). The van der Waals surface area contributed by atoms with Gasteiger partial charge in [-0.1, -0.05) is 0 Å². The third kappa shape index (κ3) is 5.33. The van der Waals surface area contributed by atoms with E-state index in [2.05, 4.69) is 5.32 Å². The van der Waals surface area contributed by atoms with Crippen LogP contribution in [-0.4, -0.2) is 27.0 Å². The lowest BCUT2D eigenvalue weighted by Crippen LogP contribution is -2.21. The van der Waals surface area contributed by atoms with Crippen molar-refractivity contribution in [2.75, 3.05) is 11.9 Å². The van der Waals surface area contributed by atoms with Gasteiger partial charge in [0.2, 0.25) is 15.9 Å². The third-order valence-corrected chi connectivity index (χ3v) is 2.92. The average molecular weight is 290 g/mol. The molecule has 0 aliphatic heterocycles. The molecule has 0 saturated heterocycles. The van der Waals surface area contributed by atoms with Gasteiger partial charge in [-0.2, -0.15) is 0 Å². The van der Waals surface area contributed by atoms with Crippen molar-refractivity contribution >= 4 is 21.6 Å². The molecular formula is C11H15FN2O4S. The van der Waals surface area contributed by atoms with E-state index in [-0.39, 0.29) is 18.4 Å². The number of carbonyl (C=O) groups excluding carboxylic acids is 1. The Morgan fingerprint density at radius 2 is 2.05 bits per heavy atom. The first-order valence-corrected chi connectivity index (χ1v) is 6.98. The Bertz CT molecular complexity index is 572. The van der Waals surface area contributed by atoms with Crippen molar-refractivity contribution in [3.05, 3.63) is 24.0 Å². The molecule has 0 radical (unpaired) electrons. The number of hydrogen-bond acceptors (Lipinski definition) is 4. The SMILES string of the molecule is CC(C)OCC(=O)Nc1cc(F)cc(S(N)(=O)=O)c1. The smallest absolute Gasteiger partial charge is 0.250 e. The predicted octanol–water partition coefficient (Wildman–Crippen LogP) is 0.837. The number of sulfonamides is 1. The first kappa shape index (κ1) is 15.5. The number of amides is 1. The Morgan fingerprint density at radius 1 is 1.42 bits per heavy atom. The van der Waals surface area contributed by atoms with Crippen molar-refractivity contribution in [3.8, 4) is 0 Å². The zero-order valence-corrected chi connectivity index (χ0v) is 11.3. The maximum absolute atomic E-state index is 13.2. The molecule has 1 rings (SSSR count). The van der Waals surface area contributed by atoms with E-state index in [1.54, 1.807) is 13.8 Å². The van der Waals surface area contributed by atoms with Crippen LogP contribution >= 0.6 is 0 Å². The Morgan fingerprint density at radius 3 is 2.58 bits per heavy atom. The molecule has 1 amide bonds. The van der Waals surface area contributed by atoms with Crippen molar-refractivity contribution in [3.63, 3.8) is 0 Å². The average Bonchev–Trinajstić information content (AvgIpc) is 2.24. The molecule has 0 bridgehead atoms. The summed E-state index contributed by atoms with van der Waals surface area (Å²) >= 11 is 0. The van der Waals surface area contributed by atoms with Crippen molar-refractivity contribution in [1.29, 1.82) is 0 Å². The number of primary sulfonamides is 1. The number of halogens is 1. The topological polar surface area (TPSA) is 98.5 Å². The van der Waals surface area contributed by atoms with Crippen LogP contribution in [0, 0.1) is 5.82 Å². The molecule has 19 heavy (non-hydrogen) atoms. The molecule has 0 aliphatic rings. The Labute approximate surface area is 110 Å². The van der Waals surface area contributed by atoms with Gasteiger partial charge in [0.05, 0.1) is 11.0 Å². The fraction of sp³-hybridized carbons (Fsp3) is 0.364. The van der Waals surface area contributed by atoms with E-state index < -0.39 is 26.6 Å². The summed E-state index contributed by atoms with van der Waals surface area (Å²) in [7, 11) is -4.03. The number of hydrogen-bond donors (Lipinski definition) is 2. The molecule has 0 aliphatic carbocycles. The van der Waals surface area contributed by atoms with E-state index in [4.69, 9.17) is 9.88 Å². The minimum absolute atomic E-state index is 0.00128. The van der Waals surface area contributed by atoms with Crippen LogP contribution in [0.1, 0.15) is 13.8 Å². The molecule has 0 fully saturated rings. The Kier molecular flexibility index (Phi) is 4.98. The monoisotopic (exact) mass is 290 g/mol. The molecule has 0 spiro atoms.